The number of Topliss-reactive ketones (excluding diaryl/α,β-unsaturated/α-hetero) is 2. The van der Waals surface area contributed by atoms with Crippen LogP contribution in [0.1, 0.15) is 66.2 Å². The normalized spacial score (nSPS) is 20.8. The molecule has 0 aromatic carbocycles. The highest BCUT2D eigenvalue weighted by atomic mass is 16.2. The van der Waals surface area contributed by atoms with E-state index < -0.39 is 6.04 Å². The van der Waals surface area contributed by atoms with Gasteiger partial charge in [-0.05, 0) is 57.8 Å². The van der Waals surface area contributed by atoms with E-state index in [1.54, 1.807) is 0 Å². The molecular weight excluding hydrogens is 366 g/mol. The van der Waals surface area contributed by atoms with Crippen LogP contribution in [0.5, 0.6) is 0 Å². The highest BCUT2D eigenvalue weighted by Gasteiger charge is 2.28. The molecule has 29 heavy (non-hydrogen) atoms. The fourth-order valence-corrected chi connectivity index (χ4v) is 4.34. The Morgan fingerprint density at radius 1 is 0.862 bits per heavy atom. The van der Waals surface area contributed by atoms with Crippen molar-refractivity contribution < 1.29 is 14.4 Å². The maximum absolute atomic E-state index is 12.6. The molecule has 1 N–H and O–H groups in total. The number of likely N-dealkylation sites (tertiary alicyclic amines) is 2. The monoisotopic (exact) mass is 407 g/mol. The lowest BCUT2D eigenvalue weighted by atomic mass is 9.93. The maximum Gasteiger partial charge on any atom is 0.234 e. The summed E-state index contributed by atoms with van der Waals surface area (Å²) in [4.78, 5) is 42.0. The number of rotatable bonds is 10. The molecule has 2 saturated heterocycles. The van der Waals surface area contributed by atoms with Gasteiger partial charge in [0.25, 0.3) is 0 Å². The van der Waals surface area contributed by atoms with Crippen LogP contribution in [0.2, 0.25) is 0 Å². The summed E-state index contributed by atoms with van der Waals surface area (Å²) in [5.74, 6) is 0.205. The third-order valence-corrected chi connectivity index (χ3v) is 6.34. The number of nitrogens with zero attached hydrogens (tertiary/aromatic N) is 2. The van der Waals surface area contributed by atoms with E-state index in [0.717, 1.165) is 31.8 Å². The quantitative estimate of drug-likeness (QED) is 0.603. The summed E-state index contributed by atoms with van der Waals surface area (Å²) in [6.07, 6.45) is 6.38. The Hall–Kier alpha value is -1.27. The van der Waals surface area contributed by atoms with Crippen LogP contribution in [0.25, 0.3) is 0 Å². The van der Waals surface area contributed by atoms with E-state index in [9.17, 15) is 14.4 Å². The smallest absolute Gasteiger partial charge is 0.234 e. The van der Waals surface area contributed by atoms with E-state index in [1.165, 1.54) is 38.9 Å². The van der Waals surface area contributed by atoms with Gasteiger partial charge in [0.1, 0.15) is 5.78 Å². The van der Waals surface area contributed by atoms with E-state index in [1.807, 2.05) is 27.7 Å². The molecule has 0 bridgehead atoms. The van der Waals surface area contributed by atoms with Crippen LogP contribution in [0.4, 0.5) is 0 Å². The Kier molecular flexibility index (Phi) is 9.76. The Balaban J connectivity index is 1.77. The van der Waals surface area contributed by atoms with Gasteiger partial charge < -0.3 is 10.2 Å². The van der Waals surface area contributed by atoms with Crippen LogP contribution in [0.15, 0.2) is 0 Å². The molecule has 0 aromatic rings. The van der Waals surface area contributed by atoms with Crippen molar-refractivity contribution in [1.82, 2.24) is 15.1 Å². The molecule has 0 saturated carbocycles. The molecule has 1 atom stereocenters. The second kappa shape index (κ2) is 11.8. The van der Waals surface area contributed by atoms with Gasteiger partial charge in [-0.2, -0.15) is 0 Å². The van der Waals surface area contributed by atoms with E-state index in [-0.39, 0.29) is 35.7 Å². The van der Waals surface area contributed by atoms with Gasteiger partial charge in [-0.15, -0.1) is 0 Å². The average Bonchev–Trinajstić information content (AvgIpc) is 2.69. The predicted molar refractivity (Wildman–Crippen MR) is 116 cm³/mol. The SMILES string of the molecule is CC(C)C(=O)CC(NC(=O)CN1CCC(CN2CCCCC2)CC1)C(=O)C(C)C. The van der Waals surface area contributed by atoms with E-state index in [0.29, 0.717) is 6.54 Å². The molecule has 1 amide bonds. The molecule has 6 nitrogen and oxygen atoms in total. The van der Waals surface area contributed by atoms with Gasteiger partial charge in [0.2, 0.25) is 5.91 Å². The standard InChI is InChI=1S/C23H41N3O3/c1-17(2)21(27)14-20(23(29)18(3)4)24-22(28)16-26-12-8-19(9-13-26)15-25-10-6-5-7-11-25/h17-20H,5-16H2,1-4H3,(H,24,28). The number of amides is 1. The molecule has 0 spiro atoms. The molecule has 2 aliphatic rings. The molecule has 166 valence electrons. The second-order valence-electron chi connectivity index (χ2n) is 9.58. The van der Waals surface area contributed by atoms with Crippen LogP contribution in [0, 0.1) is 17.8 Å². The fourth-order valence-electron chi connectivity index (χ4n) is 4.34. The first-order chi connectivity index (χ1) is 13.8. The predicted octanol–water partition coefficient (Wildman–Crippen LogP) is 2.51. The Bertz CT molecular complexity index is 548. The van der Waals surface area contributed by atoms with Crippen molar-refractivity contribution in [3.8, 4) is 0 Å². The van der Waals surface area contributed by atoms with Crippen molar-refractivity contribution in [2.24, 2.45) is 17.8 Å². The summed E-state index contributed by atoms with van der Waals surface area (Å²) >= 11 is 0. The summed E-state index contributed by atoms with van der Waals surface area (Å²) in [6, 6.07) is -0.700. The Labute approximate surface area is 176 Å². The largest absolute Gasteiger partial charge is 0.345 e. The number of nitrogens with one attached hydrogen (secondary N) is 1. The highest BCUT2D eigenvalue weighted by molar-refractivity contribution is 5.95. The third kappa shape index (κ3) is 8.17. The van der Waals surface area contributed by atoms with Gasteiger partial charge in [-0.3, -0.25) is 19.3 Å². The van der Waals surface area contributed by atoms with Gasteiger partial charge in [0.05, 0.1) is 12.6 Å². The number of carbonyl (C=O) groups excluding carboxylic acids is 3. The molecule has 1 unspecified atom stereocenters. The first kappa shape index (κ1) is 24.0. The van der Waals surface area contributed by atoms with Crippen LogP contribution in [0.3, 0.4) is 0 Å². The van der Waals surface area contributed by atoms with Gasteiger partial charge in [0.15, 0.2) is 5.78 Å². The fraction of sp³-hybridized carbons (Fsp3) is 0.870. The van der Waals surface area contributed by atoms with Gasteiger partial charge in [-0.1, -0.05) is 34.1 Å². The van der Waals surface area contributed by atoms with Crippen molar-refractivity contribution >= 4 is 17.5 Å². The minimum absolute atomic E-state index is 0.0165. The zero-order valence-electron chi connectivity index (χ0n) is 18.9. The number of ketones is 2. The van der Waals surface area contributed by atoms with Crippen LogP contribution < -0.4 is 5.32 Å². The Morgan fingerprint density at radius 3 is 2.03 bits per heavy atom. The van der Waals surface area contributed by atoms with Crippen LogP contribution in [-0.4, -0.2) is 72.6 Å². The lowest BCUT2D eigenvalue weighted by Crippen LogP contribution is -2.49. The molecule has 0 aliphatic carbocycles. The van der Waals surface area contributed by atoms with Gasteiger partial charge >= 0.3 is 0 Å². The summed E-state index contributed by atoms with van der Waals surface area (Å²) in [6.45, 7) is 13.1. The van der Waals surface area contributed by atoms with Crippen LogP contribution >= 0.6 is 0 Å². The van der Waals surface area contributed by atoms with Crippen LogP contribution in [-0.2, 0) is 14.4 Å². The summed E-state index contributed by atoms with van der Waals surface area (Å²) in [7, 11) is 0. The number of carbonyl (C=O) groups is 3. The van der Waals surface area contributed by atoms with Crippen molar-refractivity contribution in [2.75, 3.05) is 39.3 Å². The van der Waals surface area contributed by atoms with Crippen molar-refractivity contribution in [3.05, 3.63) is 0 Å². The summed E-state index contributed by atoms with van der Waals surface area (Å²) in [5.41, 5.74) is 0. The molecule has 2 heterocycles. The van der Waals surface area contributed by atoms with Gasteiger partial charge in [0, 0.05) is 24.8 Å². The first-order valence-electron chi connectivity index (χ1n) is 11.6. The maximum atomic E-state index is 12.6. The third-order valence-electron chi connectivity index (χ3n) is 6.34. The molecule has 0 aromatic heterocycles. The number of hydrogen-bond acceptors (Lipinski definition) is 5. The van der Waals surface area contributed by atoms with E-state index >= 15 is 0 Å². The first-order valence-corrected chi connectivity index (χ1v) is 11.6. The minimum Gasteiger partial charge on any atom is -0.345 e. The highest BCUT2D eigenvalue weighted by Crippen LogP contribution is 2.20. The Morgan fingerprint density at radius 2 is 1.48 bits per heavy atom. The van der Waals surface area contributed by atoms with E-state index in [4.69, 9.17) is 0 Å². The summed E-state index contributed by atoms with van der Waals surface area (Å²) in [5, 5.41) is 2.85. The summed E-state index contributed by atoms with van der Waals surface area (Å²) < 4.78 is 0. The molecule has 6 heteroatoms. The van der Waals surface area contributed by atoms with Crippen molar-refractivity contribution in [3.63, 3.8) is 0 Å². The number of piperidine rings is 2. The average molecular weight is 408 g/mol. The second-order valence-corrected chi connectivity index (χ2v) is 9.58. The molecular formula is C23H41N3O3. The minimum atomic E-state index is -0.700. The molecule has 2 fully saturated rings. The molecule has 0 radical (unpaired) electrons. The zero-order chi connectivity index (χ0) is 21.4. The topological polar surface area (TPSA) is 69.7 Å². The molecule has 2 aliphatic heterocycles. The van der Waals surface area contributed by atoms with Crippen molar-refractivity contribution in [2.45, 2.75) is 72.3 Å². The molecule has 2 rings (SSSR count). The lowest BCUT2D eigenvalue weighted by molar-refractivity contribution is -0.132. The van der Waals surface area contributed by atoms with E-state index in [2.05, 4.69) is 15.1 Å². The van der Waals surface area contributed by atoms with Gasteiger partial charge in [-0.25, -0.2) is 0 Å². The van der Waals surface area contributed by atoms with Crippen molar-refractivity contribution in [1.29, 1.82) is 0 Å². The zero-order valence-corrected chi connectivity index (χ0v) is 18.9. The lowest BCUT2D eigenvalue weighted by Gasteiger charge is -2.36. The number of hydrogen-bond donors (Lipinski definition) is 1.